The fourth-order valence-electron chi connectivity index (χ4n) is 0.902. The van der Waals surface area contributed by atoms with Crippen LogP contribution in [0, 0.1) is 11.3 Å². The van der Waals surface area contributed by atoms with Crippen molar-refractivity contribution in [3.05, 3.63) is 0 Å². The van der Waals surface area contributed by atoms with Crippen LogP contribution < -0.4 is 0 Å². The van der Waals surface area contributed by atoms with Gasteiger partial charge in [-0.05, 0) is 6.42 Å². The van der Waals surface area contributed by atoms with Crippen LogP contribution in [0.25, 0.3) is 0 Å². The zero-order valence-electron chi connectivity index (χ0n) is 8.52. The Morgan fingerprint density at radius 2 is 1.62 bits per heavy atom. The molecule has 13 heavy (non-hydrogen) atoms. The van der Waals surface area contributed by atoms with E-state index in [0.717, 1.165) is 6.42 Å². The zero-order valence-corrected chi connectivity index (χ0v) is 10.0. The van der Waals surface area contributed by atoms with Gasteiger partial charge in [-0.25, -0.2) is 0 Å². The highest BCUT2D eigenvalue weighted by Gasteiger charge is 1.96. The Morgan fingerprint density at radius 1 is 1.15 bits per heavy atom. The molecule has 0 aliphatic heterocycles. The molecule has 0 spiro atoms. The van der Waals surface area contributed by atoms with E-state index in [1.165, 1.54) is 39.0 Å². The van der Waals surface area contributed by atoms with Gasteiger partial charge in [0.25, 0.3) is 0 Å². The van der Waals surface area contributed by atoms with E-state index < -0.39 is 0 Å². The first-order valence-electron chi connectivity index (χ1n) is 4.78. The van der Waals surface area contributed by atoms with Crippen LogP contribution in [-0.4, -0.2) is 4.84 Å². The Hall–Kier alpha value is 0.0700. The Bertz CT molecular complexity index is 119. The largest absolute Gasteiger partial charge is 0.199 e. The van der Waals surface area contributed by atoms with Gasteiger partial charge in [0, 0.05) is 6.92 Å². The molecule has 78 valence electrons. The van der Waals surface area contributed by atoms with E-state index in [1.807, 2.05) is 0 Å². The minimum atomic E-state index is -0.151. The van der Waals surface area contributed by atoms with E-state index in [-0.39, 0.29) is 4.84 Å². The molecule has 0 N–H and O–H groups in total. The molecule has 0 amide bonds. The van der Waals surface area contributed by atoms with Crippen LogP contribution in [0.5, 0.6) is 0 Å². The van der Waals surface area contributed by atoms with Gasteiger partial charge in [-0.3, -0.25) is 0 Å². The number of nitrogens with zero attached hydrogens (tertiary/aromatic N) is 1. The highest BCUT2D eigenvalue weighted by molar-refractivity contribution is 6.44. The Morgan fingerprint density at radius 3 is 2.00 bits per heavy atom. The molecule has 0 atom stereocenters. The van der Waals surface area contributed by atoms with Gasteiger partial charge in [-0.15, -0.1) is 23.2 Å². The minimum Gasteiger partial charge on any atom is -0.199 e. The zero-order chi connectivity index (χ0) is 10.5. The van der Waals surface area contributed by atoms with Gasteiger partial charge in [0.1, 0.15) is 4.84 Å². The number of hydrogen-bond donors (Lipinski definition) is 0. The standard InChI is InChI=1S/C8H16Cl2.C2H3N/c1-2-3-4-5-6-7-8(9)10;1-2-3/h8H,2-7H2,1H3;1H3. The summed E-state index contributed by atoms with van der Waals surface area (Å²) in [5.74, 6) is 0. The molecule has 0 fully saturated rings. The Kier molecular flexibility index (Phi) is 17.4. The Labute approximate surface area is 92.0 Å². The van der Waals surface area contributed by atoms with Gasteiger partial charge < -0.3 is 0 Å². The maximum absolute atomic E-state index is 7.32. The first-order valence-corrected chi connectivity index (χ1v) is 5.65. The third-order valence-corrected chi connectivity index (χ3v) is 1.96. The summed E-state index contributed by atoms with van der Waals surface area (Å²) < 4.78 is 0. The van der Waals surface area contributed by atoms with E-state index in [1.54, 1.807) is 6.07 Å². The van der Waals surface area contributed by atoms with E-state index in [0.29, 0.717) is 0 Å². The van der Waals surface area contributed by atoms with Crippen molar-refractivity contribution >= 4 is 23.2 Å². The smallest absolute Gasteiger partial charge is 0.107 e. The quantitative estimate of drug-likeness (QED) is 0.474. The second-order valence-electron chi connectivity index (χ2n) is 2.82. The van der Waals surface area contributed by atoms with Gasteiger partial charge in [0.2, 0.25) is 0 Å². The number of nitriles is 1. The van der Waals surface area contributed by atoms with Crippen LogP contribution in [0.4, 0.5) is 0 Å². The van der Waals surface area contributed by atoms with Crippen LogP contribution in [-0.2, 0) is 0 Å². The summed E-state index contributed by atoms with van der Waals surface area (Å²) >= 11 is 11.1. The lowest BCUT2D eigenvalue weighted by atomic mass is 10.1. The summed E-state index contributed by atoms with van der Waals surface area (Å²) in [4.78, 5) is -0.151. The molecule has 0 saturated heterocycles. The molecular weight excluding hydrogens is 205 g/mol. The second kappa shape index (κ2) is 14.6. The van der Waals surface area contributed by atoms with Crippen molar-refractivity contribution in [3.63, 3.8) is 0 Å². The highest BCUT2D eigenvalue weighted by atomic mass is 35.5. The van der Waals surface area contributed by atoms with Crippen LogP contribution in [0.15, 0.2) is 0 Å². The molecule has 1 nitrogen and oxygen atoms in total. The minimum absolute atomic E-state index is 0.151. The average Bonchev–Trinajstić information content (AvgIpc) is 2.05. The lowest BCUT2D eigenvalue weighted by molar-refractivity contribution is 0.620. The molecule has 0 saturated carbocycles. The van der Waals surface area contributed by atoms with Gasteiger partial charge in [0.05, 0.1) is 6.07 Å². The van der Waals surface area contributed by atoms with Gasteiger partial charge in [-0.2, -0.15) is 5.26 Å². The topological polar surface area (TPSA) is 23.8 Å². The molecule has 0 heterocycles. The van der Waals surface area contributed by atoms with Crippen molar-refractivity contribution in [1.82, 2.24) is 0 Å². The molecule has 0 unspecified atom stereocenters. The Balaban J connectivity index is 0. The van der Waals surface area contributed by atoms with Gasteiger partial charge in [-0.1, -0.05) is 39.0 Å². The molecule has 0 bridgehead atoms. The van der Waals surface area contributed by atoms with E-state index in [9.17, 15) is 0 Å². The summed E-state index contributed by atoms with van der Waals surface area (Å²) in [6.07, 6.45) is 7.38. The maximum Gasteiger partial charge on any atom is 0.107 e. The van der Waals surface area contributed by atoms with Crippen LogP contribution in [0.2, 0.25) is 0 Å². The van der Waals surface area contributed by atoms with Gasteiger partial charge in [0.15, 0.2) is 0 Å². The third kappa shape index (κ3) is 24.5. The van der Waals surface area contributed by atoms with Crippen molar-refractivity contribution < 1.29 is 0 Å². The number of halogens is 2. The SMILES string of the molecule is CC#N.CCCCCCCC(Cl)Cl. The predicted molar refractivity (Wildman–Crippen MR) is 60.2 cm³/mol. The fraction of sp³-hybridized carbons (Fsp3) is 0.900. The van der Waals surface area contributed by atoms with E-state index in [2.05, 4.69) is 6.92 Å². The lowest BCUT2D eigenvalue weighted by Gasteiger charge is -1.99. The fourth-order valence-corrected chi connectivity index (χ4v) is 1.21. The molecule has 0 radical (unpaired) electrons. The number of unbranched alkanes of at least 4 members (excludes halogenated alkanes) is 4. The highest BCUT2D eigenvalue weighted by Crippen LogP contribution is 2.13. The van der Waals surface area contributed by atoms with E-state index in [4.69, 9.17) is 28.5 Å². The summed E-state index contributed by atoms with van der Waals surface area (Å²) in [5.41, 5.74) is 0. The number of alkyl halides is 2. The van der Waals surface area contributed by atoms with Crippen molar-refractivity contribution in [2.75, 3.05) is 0 Å². The predicted octanol–water partition coefficient (Wildman–Crippen LogP) is 4.68. The number of rotatable bonds is 6. The van der Waals surface area contributed by atoms with Gasteiger partial charge >= 0.3 is 0 Å². The normalized spacial score (nSPS) is 8.92. The van der Waals surface area contributed by atoms with Crippen molar-refractivity contribution in [3.8, 4) is 6.07 Å². The van der Waals surface area contributed by atoms with Crippen molar-refractivity contribution in [2.24, 2.45) is 0 Å². The molecule has 0 aromatic heterocycles. The molecule has 0 rings (SSSR count). The van der Waals surface area contributed by atoms with E-state index >= 15 is 0 Å². The van der Waals surface area contributed by atoms with Crippen LogP contribution in [0.1, 0.15) is 52.4 Å². The molecule has 0 aliphatic carbocycles. The number of hydrogen-bond acceptors (Lipinski definition) is 1. The van der Waals surface area contributed by atoms with Crippen molar-refractivity contribution in [2.45, 2.75) is 57.2 Å². The molecule has 3 heteroatoms. The second-order valence-corrected chi connectivity index (χ2v) is 4.09. The molecule has 0 aromatic rings. The third-order valence-electron chi connectivity index (χ3n) is 1.53. The summed E-state index contributed by atoms with van der Waals surface area (Å²) in [6, 6.07) is 1.75. The average molecular weight is 224 g/mol. The lowest BCUT2D eigenvalue weighted by Crippen LogP contribution is -1.86. The first-order chi connectivity index (χ1) is 6.18. The summed E-state index contributed by atoms with van der Waals surface area (Å²) in [6.45, 7) is 3.64. The summed E-state index contributed by atoms with van der Waals surface area (Å²) in [7, 11) is 0. The maximum atomic E-state index is 7.32. The molecule has 0 aromatic carbocycles. The first kappa shape index (κ1) is 15.5. The van der Waals surface area contributed by atoms with Crippen LogP contribution in [0.3, 0.4) is 0 Å². The van der Waals surface area contributed by atoms with Crippen molar-refractivity contribution in [1.29, 1.82) is 5.26 Å². The molecule has 0 aliphatic rings. The monoisotopic (exact) mass is 223 g/mol. The molecular formula is C10H19Cl2N. The summed E-state index contributed by atoms with van der Waals surface area (Å²) in [5, 5.41) is 7.32. The van der Waals surface area contributed by atoms with Crippen LogP contribution >= 0.6 is 23.2 Å².